The summed E-state index contributed by atoms with van der Waals surface area (Å²) in [5.74, 6) is 1.35. The lowest BCUT2D eigenvalue weighted by molar-refractivity contribution is -0.127. The largest absolute Gasteiger partial charge is 0.343 e. The number of amides is 1. The van der Waals surface area contributed by atoms with Gasteiger partial charge in [0.25, 0.3) is 0 Å². The molecular weight excluding hydrogens is 364 g/mol. The number of hydrogen-bond acceptors (Lipinski definition) is 5. The molecule has 0 N–H and O–H groups in total. The summed E-state index contributed by atoms with van der Waals surface area (Å²) < 4.78 is 2.10. The van der Waals surface area contributed by atoms with E-state index in [1.807, 2.05) is 54.5 Å². The lowest BCUT2D eigenvalue weighted by atomic mass is 10.2. The first-order chi connectivity index (χ1) is 12.7. The molecule has 1 amide bonds. The van der Waals surface area contributed by atoms with E-state index in [2.05, 4.69) is 26.9 Å². The zero-order chi connectivity index (χ0) is 18.4. The van der Waals surface area contributed by atoms with Crippen molar-refractivity contribution in [3.05, 3.63) is 53.4 Å². The normalized spacial score (nSPS) is 10.8. The van der Waals surface area contributed by atoms with Gasteiger partial charge in [-0.25, -0.2) is 0 Å². The van der Waals surface area contributed by atoms with Gasteiger partial charge >= 0.3 is 0 Å². The van der Waals surface area contributed by atoms with Crippen molar-refractivity contribution >= 4 is 29.0 Å². The van der Waals surface area contributed by atoms with Gasteiger partial charge < -0.3 is 4.90 Å². The maximum atomic E-state index is 12.3. The Morgan fingerprint density at radius 3 is 2.54 bits per heavy atom. The van der Waals surface area contributed by atoms with Gasteiger partial charge in [-0.15, -0.1) is 21.5 Å². The number of thioether (sulfide) groups is 1. The molecule has 5 nitrogen and oxygen atoms in total. The number of rotatable bonds is 8. The molecule has 0 fully saturated rings. The SMILES string of the molecule is CCN(CC)C(=O)CSc1nnc(-c2cccs2)n1Cc1ccccc1. The summed E-state index contributed by atoms with van der Waals surface area (Å²) >= 11 is 3.10. The van der Waals surface area contributed by atoms with Gasteiger partial charge in [-0.2, -0.15) is 0 Å². The third-order valence-corrected chi connectivity index (χ3v) is 5.90. The van der Waals surface area contributed by atoms with E-state index >= 15 is 0 Å². The molecule has 0 saturated heterocycles. The van der Waals surface area contributed by atoms with Crippen LogP contribution in [0.15, 0.2) is 53.0 Å². The quantitative estimate of drug-likeness (QED) is 0.549. The van der Waals surface area contributed by atoms with E-state index in [-0.39, 0.29) is 5.91 Å². The number of carbonyl (C=O) groups excluding carboxylic acids is 1. The average molecular weight is 387 g/mol. The zero-order valence-electron chi connectivity index (χ0n) is 15.0. The molecule has 1 aromatic carbocycles. The number of carbonyl (C=O) groups is 1. The van der Waals surface area contributed by atoms with Crippen molar-refractivity contribution < 1.29 is 4.79 Å². The smallest absolute Gasteiger partial charge is 0.233 e. The fourth-order valence-corrected chi connectivity index (χ4v) is 4.24. The van der Waals surface area contributed by atoms with E-state index in [0.29, 0.717) is 12.3 Å². The van der Waals surface area contributed by atoms with E-state index in [4.69, 9.17) is 0 Å². The van der Waals surface area contributed by atoms with Crippen LogP contribution in [0.2, 0.25) is 0 Å². The Labute approximate surface area is 162 Å². The Morgan fingerprint density at radius 2 is 1.88 bits per heavy atom. The van der Waals surface area contributed by atoms with E-state index in [1.54, 1.807) is 11.3 Å². The summed E-state index contributed by atoms with van der Waals surface area (Å²) in [5, 5.41) is 11.6. The highest BCUT2D eigenvalue weighted by molar-refractivity contribution is 7.99. The van der Waals surface area contributed by atoms with Crippen LogP contribution >= 0.6 is 23.1 Å². The van der Waals surface area contributed by atoms with Crippen molar-refractivity contribution in [1.82, 2.24) is 19.7 Å². The van der Waals surface area contributed by atoms with Crippen LogP contribution in [0.25, 0.3) is 10.7 Å². The summed E-state index contributed by atoms with van der Waals surface area (Å²) in [6.07, 6.45) is 0. The Kier molecular flexibility index (Phi) is 6.46. The molecule has 0 bridgehead atoms. The van der Waals surface area contributed by atoms with Gasteiger partial charge in [-0.3, -0.25) is 9.36 Å². The van der Waals surface area contributed by atoms with E-state index < -0.39 is 0 Å². The lowest BCUT2D eigenvalue weighted by Gasteiger charge is -2.18. The van der Waals surface area contributed by atoms with Crippen molar-refractivity contribution in [3.8, 4) is 10.7 Å². The third kappa shape index (κ3) is 4.34. The first-order valence-corrected chi connectivity index (χ1v) is 10.5. The molecule has 2 aromatic heterocycles. The number of nitrogens with zero attached hydrogens (tertiary/aromatic N) is 4. The summed E-state index contributed by atoms with van der Waals surface area (Å²) in [4.78, 5) is 15.3. The predicted octanol–water partition coefficient (Wildman–Crippen LogP) is 4.02. The molecule has 0 aliphatic rings. The van der Waals surface area contributed by atoms with E-state index in [1.165, 1.54) is 17.3 Å². The molecule has 0 saturated carbocycles. The average Bonchev–Trinajstić information content (AvgIpc) is 3.32. The van der Waals surface area contributed by atoms with Crippen LogP contribution in [0.5, 0.6) is 0 Å². The van der Waals surface area contributed by atoms with Crippen molar-refractivity contribution in [1.29, 1.82) is 0 Å². The van der Waals surface area contributed by atoms with Gasteiger partial charge in [-0.1, -0.05) is 48.2 Å². The van der Waals surface area contributed by atoms with Crippen molar-refractivity contribution in [3.63, 3.8) is 0 Å². The fraction of sp³-hybridized carbons (Fsp3) is 0.316. The van der Waals surface area contributed by atoms with E-state index in [9.17, 15) is 4.79 Å². The topological polar surface area (TPSA) is 51.0 Å². The molecule has 2 heterocycles. The van der Waals surface area contributed by atoms with Crippen LogP contribution in [-0.4, -0.2) is 44.4 Å². The van der Waals surface area contributed by atoms with Crippen molar-refractivity contribution in [2.24, 2.45) is 0 Å². The Bertz CT molecular complexity index is 827. The Morgan fingerprint density at radius 1 is 1.12 bits per heavy atom. The van der Waals surface area contributed by atoms with Crippen LogP contribution in [0.1, 0.15) is 19.4 Å². The Balaban J connectivity index is 1.84. The molecule has 7 heteroatoms. The number of thiophene rings is 1. The highest BCUT2D eigenvalue weighted by Gasteiger charge is 2.18. The minimum absolute atomic E-state index is 0.131. The molecule has 26 heavy (non-hydrogen) atoms. The second kappa shape index (κ2) is 9.00. The van der Waals surface area contributed by atoms with Crippen LogP contribution in [0, 0.1) is 0 Å². The van der Waals surface area contributed by atoms with Gasteiger partial charge in [0.05, 0.1) is 17.2 Å². The second-order valence-electron chi connectivity index (χ2n) is 5.71. The molecule has 3 rings (SSSR count). The monoisotopic (exact) mass is 386 g/mol. The summed E-state index contributed by atoms with van der Waals surface area (Å²) in [6, 6.07) is 14.3. The van der Waals surface area contributed by atoms with Crippen LogP contribution in [0.3, 0.4) is 0 Å². The van der Waals surface area contributed by atoms with Crippen LogP contribution in [-0.2, 0) is 11.3 Å². The maximum Gasteiger partial charge on any atom is 0.233 e. The molecule has 136 valence electrons. The molecule has 0 aliphatic carbocycles. The van der Waals surface area contributed by atoms with Gasteiger partial charge in [0.2, 0.25) is 5.91 Å². The minimum atomic E-state index is 0.131. The first kappa shape index (κ1) is 18.7. The second-order valence-corrected chi connectivity index (χ2v) is 7.60. The van der Waals surface area contributed by atoms with Crippen LogP contribution < -0.4 is 0 Å². The summed E-state index contributed by atoms with van der Waals surface area (Å²) in [6.45, 7) is 6.14. The molecule has 3 aromatic rings. The minimum Gasteiger partial charge on any atom is -0.343 e. The van der Waals surface area contributed by atoms with Gasteiger partial charge in [0.1, 0.15) is 0 Å². The zero-order valence-corrected chi connectivity index (χ0v) is 16.6. The van der Waals surface area contributed by atoms with Gasteiger partial charge in [0.15, 0.2) is 11.0 Å². The standard InChI is InChI=1S/C19H22N4OS2/c1-3-22(4-2)17(24)14-26-19-21-20-18(16-11-8-12-25-16)23(19)13-15-9-6-5-7-10-15/h5-12H,3-4,13-14H2,1-2H3. The molecule has 0 unspecified atom stereocenters. The summed E-state index contributed by atoms with van der Waals surface area (Å²) in [5.41, 5.74) is 1.18. The molecule has 0 spiro atoms. The first-order valence-electron chi connectivity index (χ1n) is 8.64. The van der Waals surface area contributed by atoms with Crippen LogP contribution in [0.4, 0.5) is 0 Å². The predicted molar refractivity (Wildman–Crippen MR) is 108 cm³/mol. The molecule has 0 radical (unpaired) electrons. The molecule has 0 aliphatic heterocycles. The van der Waals surface area contributed by atoms with E-state index in [0.717, 1.165) is 28.9 Å². The number of hydrogen-bond donors (Lipinski definition) is 0. The fourth-order valence-electron chi connectivity index (χ4n) is 2.69. The van der Waals surface area contributed by atoms with Gasteiger partial charge in [-0.05, 0) is 30.9 Å². The highest BCUT2D eigenvalue weighted by atomic mass is 32.2. The third-order valence-electron chi connectivity index (χ3n) is 4.08. The number of aromatic nitrogens is 3. The number of benzene rings is 1. The highest BCUT2D eigenvalue weighted by Crippen LogP contribution is 2.28. The van der Waals surface area contributed by atoms with Crippen molar-refractivity contribution in [2.75, 3.05) is 18.8 Å². The Hall–Kier alpha value is -2.12. The summed E-state index contributed by atoms with van der Waals surface area (Å²) in [7, 11) is 0. The lowest BCUT2D eigenvalue weighted by Crippen LogP contribution is -2.31. The maximum absolute atomic E-state index is 12.3. The molecular formula is C19H22N4OS2. The molecule has 0 atom stereocenters. The van der Waals surface area contributed by atoms with Gasteiger partial charge in [0, 0.05) is 13.1 Å². The van der Waals surface area contributed by atoms with Crippen molar-refractivity contribution in [2.45, 2.75) is 25.5 Å².